The molecular weight excluding hydrogens is 356 g/mol. The molecule has 3 aromatic rings. The molecule has 0 amide bonds. The number of anilines is 3. The summed E-state index contributed by atoms with van der Waals surface area (Å²) >= 11 is 0. The second kappa shape index (κ2) is 8.89. The number of aryl methyl sites for hydroxylation is 3. The van der Waals surface area contributed by atoms with Gasteiger partial charge in [-0.15, -0.1) is 0 Å². The Kier molecular flexibility index (Phi) is 6.51. The summed E-state index contributed by atoms with van der Waals surface area (Å²) in [5, 5.41) is 3.67. The van der Waals surface area contributed by atoms with Crippen LogP contribution in [0.2, 0.25) is 0 Å². The zero-order valence-corrected chi connectivity index (χ0v) is 19.1. The molecule has 1 aromatic heterocycles. The third-order valence-electron chi connectivity index (χ3n) is 5.45. The Balaban J connectivity index is 2.17. The van der Waals surface area contributed by atoms with Gasteiger partial charge in [0.1, 0.15) is 0 Å². The minimum atomic E-state index is 0.305. The van der Waals surface area contributed by atoms with E-state index in [4.69, 9.17) is 4.98 Å². The van der Waals surface area contributed by atoms with E-state index in [0.717, 1.165) is 43.1 Å². The molecule has 0 atom stereocenters. The molecule has 0 aliphatic carbocycles. The molecule has 29 heavy (non-hydrogen) atoms. The highest BCUT2D eigenvalue weighted by atomic mass is 15.2. The zero-order valence-electron chi connectivity index (χ0n) is 19.1. The Morgan fingerprint density at radius 3 is 2.17 bits per heavy atom. The third-order valence-corrected chi connectivity index (χ3v) is 5.45. The van der Waals surface area contributed by atoms with Gasteiger partial charge >= 0.3 is 0 Å². The summed E-state index contributed by atoms with van der Waals surface area (Å²) in [4.78, 5) is 7.53. The Hall–Kier alpha value is -2.49. The van der Waals surface area contributed by atoms with Gasteiger partial charge < -0.3 is 14.8 Å². The fourth-order valence-corrected chi connectivity index (χ4v) is 4.36. The number of fused-ring (bicyclic) bond motifs is 1. The van der Waals surface area contributed by atoms with Gasteiger partial charge in [-0.3, -0.25) is 0 Å². The molecule has 156 valence electrons. The van der Waals surface area contributed by atoms with Crippen LogP contribution in [0.25, 0.3) is 11.0 Å². The topological polar surface area (TPSA) is 33.1 Å². The van der Waals surface area contributed by atoms with Gasteiger partial charge in [-0.2, -0.15) is 0 Å². The summed E-state index contributed by atoms with van der Waals surface area (Å²) in [5.74, 6) is 0.922. The molecule has 0 saturated heterocycles. The van der Waals surface area contributed by atoms with Crippen molar-refractivity contribution in [1.82, 2.24) is 9.55 Å². The molecule has 2 aromatic carbocycles. The van der Waals surface area contributed by atoms with Gasteiger partial charge in [-0.25, -0.2) is 4.98 Å². The van der Waals surface area contributed by atoms with E-state index in [-0.39, 0.29) is 0 Å². The minimum Gasteiger partial charge on any atom is -0.370 e. The van der Waals surface area contributed by atoms with Gasteiger partial charge in [0.15, 0.2) is 0 Å². The number of nitrogens with one attached hydrogen (secondary N) is 1. The number of para-hydroxylation sites is 1. The lowest BCUT2D eigenvalue weighted by Gasteiger charge is -2.26. The Morgan fingerprint density at radius 1 is 1.00 bits per heavy atom. The lowest BCUT2D eigenvalue weighted by molar-refractivity contribution is 0.624. The smallest absolute Gasteiger partial charge is 0.208 e. The van der Waals surface area contributed by atoms with E-state index < -0.39 is 0 Å². The molecule has 0 saturated carbocycles. The molecule has 0 spiro atoms. The van der Waals surface area contributed by atoms with Crippen molar-refractivity contribution in [2.24, 2.45) is 0 Å². The molecule has 4 nitrogen and oxygen atoms in total. The van der Waals surface area contributed by atoms with Crippen LogP contribution in [0, 0.1) is 20.8 Å². The molecule has 4 heteroatoms. The number of rotatable bonds is 8. The number of nitrogens with zero attached hydrogens (tertiary/aromatic N) is 3. The van der Waals surface area contributed by atoms with Crippen molar-refractivity contribution in [2.45, 2.75) is 67.3 Å². The summed E-state index contributed by atoms with van der Waals surface area (Å²) in [7, 11) is 0. The van der Waals surface area contributed by atoms with Gasteiger partial charge in [-0.1, -0.05) is 37.6 Å². The minimum absolute atomic E-state index is 0.305. The highest BCUT2D eigenvalue weighted by Crippen LogP contribution is 2.35. The quantitative estimate of drug-likeness (QED) is 0.452. The Labute approximate surface area is 175 Å². The molecule has 3 rings (SSSR count). The molecule has 1 heterocycles. The standard InChI is InChI=1S/C25H36N4/c1-8-13-28(14-9-2)22-12-10-11-21-24(22)29(17(3)4)25(26-21)27-23-19(6)15-18(5)16-20(23)7/h10-12,15-17H,8-9,13-14H2,1-7H3,(H,26,27). The first-order valence-electron chi connectivity index (χ1n) is 11.0. The monoisotopic (exact) mass is 392 g/mol. The third kappa shape index (κ3) is 4.26. The van der Waals surface area contributed by atoms with E-state index in [0.29, 0.717) is 6.04 Å². The number of hydrogen-bond donors (Lipinski definition) is 1. The summed E-state index contributed by atoms with van der Waals surface area (Å²) in [6.45, 7) is 17.6. The van der Waals surface area contributed by atoms with Gasteiger partial charge in [-0.05, 0) is 70.7 Å². The molecule has 1 N–H and O–H groups in total. The lowest BCUT2D eigenvalue weighted by Crippen LogP contribution is -2.25. The fourth-order valence-electron chi connectivity index (χ4n) is 4.36. The molecule has 0 unspecified atom stereocenters. The van der Waals surface area contributed by atoms with E-state index in [1.165, 1.54) is 27.9 Å². The van der Waals surface area contributed by atoms with Crippen LogP contribution < -0.4 is 10.2 Å². The van der Waals surface area contributed by atoms with Crippen molar-refractivity contribution in [3.05, 3.63) is 47.0 Å². The molecule has 0 bridgehead atoms. The van der Waals surface area contributed by atoms with Crippen LogP contribution in [0.5, 0.6) is 0 Å². The van der Waals surface area contributed by atoms with Crippen molar-refractivity contribution in [1.29, 1.82) is 0 Å². The van der Waals surface area contributed by atoms with Crippen LogP contribution in [0.3, 0.4) is 0 Å². The van der Waals surface area contributed by atoms with E-state index in [1.807, 2.05) is 0 Å². The Bertz CT molecular complexity index is 955. The van der Waals surface area contributed by atoms with E-state index >= 15 is 0 Å². The van der Waals surface area contributed by atoms with Crippen LogP contribution in [0.4, 0.5) is 17.3 Å². The van der Waals surface area contributed by atoms with Crippen LogP contribution >= 0.6 is 0 Å². The number of aromatic nitrogens is 2. The van der Waals surface area contributed by atoms with Crippen molar-refractivity contribution in [3.63, 3.8) is 0 Å². The summed E-state index contributed by atoms with van der Waals surface area (Å²) in [5.41, 5.74) is 8.53. The maximum Gasteiger partial charge on any atom is 0.208 e. The first kappa shape index (κ1) is 21.2. The van der Waals surface area contributed by atoms with Crippen molar-refractivity contribution < 1.29 is 0 Å². The van der Waals surface area contributed by atoms with E-state index in [1.54, 1.807) is 0 Å². The van der Waals surface area contributed by atoms with Gasteiger partial charge in [0.25, 0.3) is 0 Å². The zero-order chi connectivity index (χ0) is 21.1. The normalized spacial score (nSPS) is 11.4. The van der Waals surface area contributed by atoms with Gasteiger partial charge in [0.2, 0.25) is 5.95 Å². The largest absolute Gasteiger partial charge is 0.370 e. The first-order chi connectivity index (χ1) is 13.9. The van der Waals surface area contributed by atoms with Crippen LogP contribution in [0.1, 0.15) is 63.3 Å². The second-order valence-electron chi connectivity index (χ2n) is 8.43. The first-order valence-corrected chi connectivity index (χ1v) is 11.0. The molecule has 0 fully saturated rings. The fraction of sp³-hybridized carbons (Fsp3) is 0.480. The predicted molar refractivity (Wildman–Crippen MR) is 127 cm³/mol. The molecule has 0 aliphatic heterocycles. The SMILES string of the molecule is CCCN(CCC)c1cccc2nc(Nc3c(C)cc(C)cc3C)n(C(C)C)c12. The van der Waals surface area contributed by atoms with Crippen molar-refractivity contribution >= 4 is 28.4 Å². The van der Waals surface area contributed by atoms with Crippen LogP contribution in [0.15, 0.2) is 30.3 Å². The highest BCUT2D eigenvalue weighted by molar-refractivity contribution is 5.92. The van der Waals surface area contributed by atoms with Gasteiger partial charge in [0.05, 0.1) is 16.7 Å². The Morgan fingerprint density at radius 2 is 1.62 bits per heavy atom. The van der Waals surface area contributed by atoms with Gasteiger partial charge in [0, 0.05) is 24.8 Å². The molecular formula is C25H36N4. The number of imidazole rings is 1. The maximum atomic E-state index is 5.02. The second-order valence-corrected chi connectivity index (χ2v) is 8.43. The summed E-state index contributed by atoms with van der Waals surface area (Å²) < 4.78 is 2.36. The van der Waals surface area contributed by atoms with Crippen LogP contribution in [-0.4, -0.2) is 22.6 Å². The summed E-state index contributed by atoms with van der Waals surface area (Å²) in [6, 6.07) is 11.3. The molecule has 0 aliphatic rings. The van der Waals surface area contributed by atoms with Crippen LogP contribution in [-0.2, 0) is 0 Å². The number of hydrogen-bond acceptors (Lipinski definition) is 3. The van der Waals surface area contributed by atoms with Crippen molar-refractivity contribution in [3.8, 4) is 0 Å². The predicted octanol–water partition coefficient (Wildman–Crippen LogP) is 6.91. The average molecular weight is 393 g/mol. The van der Waals surface area contributed by atoms with E-state index in [2.05, 4.69) is 93.6 Å². The van der Waals surface area contributed by atoms with E-state index in [9.17, 15) is 0 Å². The maximum absolute atomic E-state index is 5.02. The lowest BCUT2D eigenvalue weighted by atomic mass is 10.1. The highest BCUT2D eigenvalue weighted by Gasteiger charge is 2.20. The van der Waals surface area contributed by atoms with Crippen molar-refractivity contribution in [2.75, 3.05) is 23.3 Å². The average Bonchev–Trinajstić information content (AvgIpc) is 3.03. The summed E-state index contributed by atoms with van der Waals surface area (Å²) in [6.07, 6.45) is 2.28. The number of benzene rings is 2. The molecule has 0 radical (unpaired) electrons.